The maximum Gasteiger partial charge on any atom is 0.255 e. The Hall–Kier alpha value is -5.10. The van der Waals surface area contributed by atoms with Crippen LogP contribution in [0.5, 0.6) is 0 Å². The average Bonchev–Trinajstić information content (AvgIpc) is 3.56. The molecule has 0 fully saturated rings. The zero-order valence-electron chi connectivity index (χ0n) is 22.6. The molecule has 0 saturated heterocycles. The van der Waals surface area contributed by atoms with Gasteiger partial charge in [-0.1, -0.05) is 0 Å². The predicted molar refractivity (Wildman–Crippen MR) is 157 cm³/mol. The first-order valence-electron chi connectivity index (χ1n) is 12.7. The number of nitrogens with one attached hydrogen (secondary N) is 2. The summed E-state index contributed by atoms with van der Waals surface area (Å²) in [5.41, 5.74) is 3.20. The maximum atomic E-state index is 13.8. The highest BCUT2D eigenvalue weighted by Crippen LogP contribution is 2.40. The molecular formula is C30H23F2N5O4S. The quantitative estimate of drug-likeness (QED) is 0.256. The van der Waals surface area contributed by atoms with Gasteiger partial charge in [-0.05, 0) is 60.7 Å². The highest BCUT2D eigenvalue weighted by Gasteiger charge is 2.27. The van der Waals surface area contributed by atoms with Gasteiger partial charge in [0.05, 0.1) is 28.9 Å². The maximum absolute atomic E-state index is 13.8. The van der Waals surface area contributed by atoms with Crippen LogP contribution in [-0.4, -0.2) is 49.6 Å². The summed E-state index contributed by atoms with van der Waals surface area (Å²) in [4.78, 5) is 25.4. The first-order chi connectivity index (χ1) is 20.0. The Labute approximate surface area is 238 Å². The van der Waals surface area contributed by atoms with E-state index >= 15 is 0 Å². The number of carbonyl (C=O) groups is 1. The van der Waals surface area contributed by atoms with Crippen molar-refractivity contribution < 1.29 is 26.4 Å². The van der Waals surface area contributed by atoms with E-state index in [0.29, 0.717) is 38.8 Å². The Morgan fingerprint density at radius 1 is 1.00 bits per heavy atom. The minimum atomic E-state index is -3.75. The minimum Gasteiger partial charge on any atom is -0.455 e. The van der Waals surface area contributed by atoms with Crippen LogP contribution in [-0.2, 0) is 10.0 Å². The lowest BCUT2D eigenvalue weighted by Crippen LogP contribution is -2.25. The van der Waals surface area contributed by atoms with Crippen molar-refractivity contribution in [3.8, 4) is 34.1 Å². The SMILES string of the molecule is CNC(=O)c1c(-c2ccc(F)cc2)oc2cc(N(C)S(C)(=O)=O)c(-c3nccc(-c4cc5cc(F)ccc5[nH]4)n3)cc12. The molecule has 212 valence electrons. The van der Waals surface area contributed by atoms with Crippen LogP contribution in [0.3, 0.4) is 0 Å². The summed E-state index contributed by atoms with van der Waals surface area (Å²) in [6, 6.07) is 16.4. The fourth-order valence-corrected chi connectivity index (χ4v) is 5.29. The molecule has 0 bridgehead atoms. The van der Waals surface area contributed by atoms with Gasteiger partial charge in [0.15, 0.2) is 5.82 Å². The van der Waals surface area contributed by atoms with Crippen molar-refractivity contribution in [2.75, 3.05) is 24.7 Å². The van der Waals surface area contributed by atoms with E-state index in [1.54, 1.807) is 24.3 Å². The van der Waals surface area contributed by atoms with Crippen molar-refractivity contribution in [2.45, 2.75) is 0 Å². The number of furan rings is 1. The first kappa shape index (κ1) is 27.1. The number of hydrogen-bond donors (Lipinski definition) is 2. The van der Waals surface area contributed by atoms with Crippen LogP contribution in [0, 0.1) is 11.6 Å². The van der Waals surface area contributed by atoms with E-state index in [9.17, 15) is 22.0 Å². The highest BCUT2D eigenvalue weighted by molar-refractivity contribution is 7.92. The molecule has 3 aromatic carbocycles. The third-order valence-corrected chi connectivity index (χ3v) is 8.15. The predicted octanol–water partition coefficient (Wildman–Crippen LogP) is 5.74. The van der Waals surface area contributed by atoms with Gasteiger partial charge in [0.2, 0.25) is 10.0 Å². The summed E-state index contributed by atoms with van der Waals surface area (Å²) in [6.07, 6.45) is 2.58. The summed E-state index contributed by atoms with van der Waals surface area (Å²) in [7, 11) is -0.885. The molecule has 6 rings (SSSR count). The number of aromatic amines is 1. The molecule has 3 aromatic heterocycles. The van der Waals surface area contributed by atoms with Crippen molar-refractivity contribution in [3.05, 3.63) is 90.1 Å². The van der Waals surface area contributed by atoms with Crippen molar-refractivity contribution in [2.24, 2.45) is 0 Å². The topological polar surface area (TPSA) is 121 Å². The number of rotatable bonds is 6. The van der Waals surface area contributed by atoms with Gasteiger partial charge in [0, 0.05) is 53.8 Å². The molecule has 0 atom stereocenters. The molecule has 0 saturated carbocycles. The minimum absolute atomic E-state index is 0.178. The van der Waals surface area contributed by atoms with Crippen LogP contribution >= 0.6 is 0 Å². The van der Waals surface area contributed by atoms with E-state index in [4.69, 9.17) is 9.40 Å². The summed E-state index contributed by atoms with van der Waals surface area (Å²) in [5, 5.41) is 3.65. The second-order valence-corrected chi connectivity index (χ2v) is 11.7. The zero-order chi connectivity index (χ0) is 29.8. The Morgan fingerprint density at radius 2 is 1.74 bits per heavy atom. The van der Waals surface area contributed by atoms with E-state index in [1.165, 1.54) is 62.8 Å². The summed E-state index contributed by atoms with van der Waals surface area (Å²) in [5.74, 6) is -0.909. The summed E-state index contributed by atoms with van der Waals surface area (Å²) < 4.78 is 59.9. The number of anilines is 1. The number of carbonyl (C=O) groups excluding carboxylic acids is 1. The Bertz CT molecular complexity index is 2120. The number of aromatic nitrogens is 3. The summed E-state index contributed by atoms with van der Waals surface area (Å²) in [6.45, 7) is 0. The van der Waals surface area contributed by atoms with E-state index in [0.717, 1.165) is 10.6 Å². The monoisotopic (exact) mass is 587 g/mol. The fraction of sp³-hybridized carbons (Fsp3) is 0.100. The average molecular weight is 588 g/mol. The zero-order valence-corrected chi connectivity index (χ0v) is 23.4. The van der Waals surface area contributed by atoms with Gasteiger partial charge >= 0.3 is 0 Å². The highest BCUT2D eigenvalue weighted by atomic mass is 32.2. The number of amides is 1. The smallest absolute Gasteiger partial charge is 0.255 e. The Kier molecular flexibility index (Phi) is 6.49. The van der Waals surface area contributed by atoms with Gasteiger partial charge in [-0.15, -0.1) is 0 Å². The normalized spacial score (nSPS) is 11.7. The standard InChI is InChI=1S/C30H23F2N5O4S/c1-33-30(38)27-21-14-20(29-34-11-10-23(36-29)24-13-17-12-19(32)8-9-22(17)35-24)25(37(2)42(3,39)40)15-26(21)41-28(27)16-4-6-18(31)7-5-16/h4-15,35H,1-3H3,(H,33,38). The fourth-order valence-electron chi connectivity index (χ4n) is 4.79. The van der Waals surface area contributed by atoms with E-state index in [-0.39, 0.29) is 34.2 Å². The molecule has 0 aliphatic rings. The number of hydrogen-bond acceptors (Lipinski definition) is 6. The molecule has 42 heavy (non-hydrogen) atoms. The molecular weight excluding hydrogens is 564 g/mol. The second-order valence-electron chi connectivity index (χ2n) is 9.67. The molecule has 9 nitrogen and oxygen atoms in total. The van der Waals surface area contributed by atoms with Crippen molar-refractivity contribution >= 4 is 43.5 Å². The van der Waals surface area contributed by atoms with Gasteiger partial charge in [0.25, 0.3) is 5.91 Å². The van der Waals surface area contributed by atoms with Crippen molar-refractivity contribution in [3.63, 3.8) is 0 Å². The van der Waals surface area contributed by atoms with Crippen molar-refractivity contribution in [1.82, 2.24) is 20.3 Å². The molecule has 6 aromatic rings. The number of halogens is 2. The van der Waals surface area contributed by atoms with Crippen LogP contribution in [0.4, 0.5) is 14.5 Å². The Morgan fingerprint density at radius 3 is 2.45 bits per heavy atom. The number of nitrogens with zero attached hydrogens (tertiary/aromatic N) is 3. The van der Waals surface area contributed by atoms with Crippen LogP contribution in [0.25, 0.3) is 56.0 Å². The lowest BCUT2D eigenvalue weighted by Gasteiger charge is -2.20. The molecule has 0 spiro atoms. The third-order valence-electron chi connectivity index (χ3n) is 6.96. The molecule has 2 N–H and O–H groups in total. The van der Waals surface area contributed by atoms with E-state index < -0.39 is 21.7 Å². The van der Waals surface area contributed by atoms with Gasteiger partial charge in [-0.25, -0.2) is 27.2 Å². The Balaban J connectivity index is 1.60. The molecule has 0 radical (unpaired) electrons. The van der Waals surface area contributed by atoms with Gasteiger partial charge in [-0.2, -0.15) is 0 Å². The van der Waals surface area contributed by atoms with Crippen LogP contribution in [0.2, 0.25) is 0 Å². The summed E-state index contributed by atoms with van der Waals surface area (Å²) >= 11 is 0. The van der Waals surface area contributed by atoms with E-state index in [1.807, 2.05) is 0 Å². The molecule has 3 heterocycles. The second kappa shape index (κ2) is 10.1. The molecule has 1 amide bonds. The van der Waals surface area contributed by atoms with Gasteiger partial charge in [-0.3, -0.25) is 9.10 Å². The number of sulfonamides is 1. The first-order valence-corrected chi connectivity index (χ1v) is 14.5. The third kappa shape index (κ3) is 4.75. The number of fused-ring (bicyclic) bond motifs is 2. The van der Waals surface area contributed by atoms with Crippen LogP contribution < -0.4 is 9.62 Å². The van der Waals surface area contributed by atoms with E-state index in [2.05, 4.69) is 15.3 Å². The number of benzene rings is 3. The van der Waals surface area contributed by atoms with Gasteiger partial charge in [0.1, 0.15) is 23.0 Å². The van der Waals surface area contributed by atoms with Crippen LogP contribution in [0.15, 0.2) is 77.3 Å². The molecule has 12 heteroatoms. The lowest BCUT2D eigenvalue weighted by molar-refractivity contribution is 0.0964. The number of H-pyrrole nitrogens is 1. The van der Waals surface area contributed by atoms with Crippen LogP contribution in [0.1, 0.15) is 10.4 Å². The largest absolute Gasteiger partial charge is 0.455 e. The molecule has 0 unspecified atom stereocenters. The lowest BCUT2D eigenvalue weighted by atomic mass is 10.0. The van der Waals surface area contributed by atoms with Crippen molar-refractivity contribution in [1.29, 1.82) is 0 Å². The molecule has 0 aliphatic carbocycles. The van der Waals surface area contributed by atoms with Gasteiger partial charge < -0.3 is 14.7 Å². The molecule has 0 aliphatic heterocycles.